The number of amides is 2. The maximum Gasteiger partial charge on any atom is 0.251 e. The van der Waals surface area contributed by atoms with Crippen molar-refractivity contribution in [2.75, 3.05) is 13.1 Å². The minimum Gasteiger partial charge on any atom is -0.352 e. The minimum atomic E-state index is -0.0362. The highest BCUT2D eigenvalue weighted by Gasteiger charge is 2.07. The molecular formula is C26H45N3O2. The number of hydrogen-bond donors (Lipinski definition) is 3. The van der Waals surface area contributed by atoms with Gasteiger partial charge < -0.3 is 16.4 Å². The van der Waals surface area contributed by atoms with Crippen LogP contribution in [0.25, 0.3) is 0 Å². The van der Waals surface area contributed by atoms with Crippen LogP contribution in [0, 0.1) is 0 Å². The van der Waals surface area contributed by atoms with Crippen LogP contribution in [0.2, 0.25) is 0 Å². The van der Waals surface area contributed by atoms with Crippen LogP contribution < -0.4 is 16.4 Å². The lowest BCUT2D eigenvalue weighted by Gasteiger charge is -2.09. The van der Waals surface area contributed by atoms with E-state index in [1.54, 1.807) is 0 Å². The van der Waals surface area contributed by atoms with Gasteiger partial charge in [0.15, 0.2) is 0 Å². The molecular weight excluding hydrogens is 386 g/mol. The lowest BCUT2D eigenvalue weighted by atomic mass is 10.1. The molecule has 0 saturated heterocycles. The molecule has 0 radical (unpaired) electrons. The van der Waals surface area contributed by atoms with Gasteiger partial charge in [0.25, 0.3) is 5.91 Å². The zero-order valence-corrected chi connectivity index (χ0v) is 19.7. The maximum absolute atomic E-state index is 12.4. The fraction of sp³-hybridized carbons (Fsp3) is 0.692. The van der Waals surface area contributed by atoms with Crippen LogP contribution in [-0.2, 0) is 11.3 Å². The average molecular weight is 432 g/mol. The Hall–Kier alpha value is -1.88. The fourth-order valence-electron chi connectivity index (χ4n) is 3.63. The van der Waals surface area contributed by atoms with Gasteiger partial charge in [0.2, 0.25) is 5.91 Å². The van der Waals surface area contributed by atoms with Gasteiger partial charge in [0, 0.05) is 25.1 Å². The number of benzene rings is 1. The molecule has 0 spiro atoms. The second kappa shape index (κ2) is 18.9. The van der Waals surface area contributed by atoms with Crippen LogP contribution in [0.5, 0.6) is 0 Å². The lowest BCUT2D eigenvalue weighted by Crippen LogP contribution is -2.25. The summed E-state index contributed by atoms with van der Waals surface area (Å²) in [7, 11) is 0. The van der Waals surface area contributed by atoms with Gasteiger partial charge >= 0.3 is 0 Å². The first-order valence-electron chi connectivity index (χ1n) is 12.5. The Morgan fingerprint density at radius 3 is 2.13 bits per heavy atom. The van der Waals surface area contributed by atoms with E-state index in [1.807, 2.05) is 24.3 Å². The van der Waals surface area contributed by atoms with E-state index < -0.39 is 0 Å². The largest absolute Gasteiger partial charge is 0.352 e. The molecule has 0 unspecified atom stereocenters. The van der Waals surface area contributed by atoms with E-state index in [0.717, 1.165) is 37.8 Å². The molecule has 0 saturated carbocycles. The molecule has 176 valence electrons. The topological polar surface area (TPSA) is 84.2 Å². The van der Waals surface area contributed by atoms with E-state index in [2.05, 4.69) is 17.6 Å². The molecule has 2 amide bonds. The highest BCUT2D eigenvalue weighted by atomic mass is 16.2. The van der Waals surface area contributed by atoms with Gasteiger partial charge in [-0.2, -0.15) is 0 Å². The van der Waals surface area contributed by atoms with Crippen molar-refractivity contribution in [2.24, 2.45) is 5.73 Å². The number of hydrogen-bond acceptors (Lipinski definition) is 3. The molecule has 1 rings (SSSR count). The zero-order valence-electron chi connectivity index (χ0n) is 19.7. The quantitative estimate of drug-likeness (QED) is 0.254. The summed E-state index contributed by atoms with van der Waals surface area (Å²) in [6.07, 6.45) is 16.2. The Balaban J connectivity index is 2.14. The zero-order chi connectivity index (χ0) is 22.6. The summed E-state index contributed by atoms with van der Waals surface area (Å²) in [5.74, 6) is 0.0127. The van der Waals surface area contributed by atoms with Crippen molar-refractivity contribution < 1.29 is 9.59 Å². The van der Waals surface area contributed by atoms with E-state index in [-0.39, 0.29) is 11.8 Å². The Bertz CT molecular complexity index is 604. The van der Waals surface area contributed by atoms with E-state index >= 15 is 0 Å². The molecule has 0 bridgehead atoms. The van der Waals surface area contributed by atoms with Gasteiger partial charge in [-0.25, -0.2) is 0 Å². The summed E-state index contributed by atoms with van der Waals surface area (Å²) < 4.78 is 0. The third kappa shape index (κ3) is 14.7. The second-order valence-corrected chi connectivity index (χ2v) is 8.51. The first-order chi connectivity index (χ1) is 15.2. The van der Waals surface area contributed by atoms with Crippen molar-refractivity contribution in [3.63, 3.8) is 0 Å². The van der Waals surface area contributed by atoms with Crippen LogP contribution in [0.1, 0.15) is 113 Å². The van der Waals surface area contributed by atoms with Crippen LogP contribution in [0.3, 0.4) is 0 Å². The number of carbonyl (C=O) groups excluding carboxylic acids is 2. The first-order valence-corrected chi connectivity index (χ1v) is 12.5. The van der Waals surface area contributed by atoms with Crippen molar-refractivity contribution in [3.8, 4) is 0 Å². The number of carbonyl (C=O) groups is 2. The van der Waals surface area contributed by atoms with Crippen LogP contribution in [0.15, 0.2) is 24.3 Å². The third-order valence-electron chi connectivity index (χ3n) is 5.60. The van der Waals surface area contributed by atoms with Crippen molar-refractivity contribution in [1.29, 1.82) is 0 Å². The Kier molecular flexibility index (Phi) is 16.5. The summed E-state index contributed by atoms with van der Waals surface area (Å²) in [5, 5.41) is 5.95. The molecule has 0 aromatic heterocycles. The maximum atomic E-state index is 12.4. The van der Waals surface area contributed by atoms with E-state index in [9.17, 15) is 9.59 Å². The average Bonchev–Trinajstić information content (AvgIpc) is 2.79. The number of nitrogens with two attached hydrogens (primary N) is 1. The van der Waals surface area contributed by atoms with Crippen molar-refractivity contribution in [2.45, 2.75) is 103 Å². The molecule has 31 heavy (non-hydrogen) atoms. The Morgan fingerprint density at radius 2 is 1.45 bits per heavy atom. The molecule has 4 N–H and O–H groups in total. The highest BCUT2D eigenvalue weighted by molar-refractivity contribution is 5.94. The van der Waals surface area contributed by atoms with E-state index in [1.165, 1.54) is 57.8 Å². The molecule has 0 aliphatic carbocycles. The normalized spacial score (nSPS) is 10.8. The number of unbranched alkanes of at least 4 members (excludes halogenated alkanes) is 11. The summed E-state index contributed by atoms with van der Waals surface area (Å²) in [4.78, 5) is 24.3. The van der Waals surface area contributed by atoms with E-state index in [0.29, 0.717) is 25.1 Å². The van der Waals surface area contributed by atoms with Gasteiger partial charge in [0.05, 0.1) is 0 Å². The standard InChI is InChI=1S/C26H45N3O2/c1-2-3-4-5-6-7-8-9-10-14-20-28-26(31)24-17-15-16-23(21-24)22-29-25(30)18-12-11-13-19-27/h15-17,21H,2-14,18-20,22,27H2,1H3,(H,28,31)(H,29,30). The van der Waals surface area contributed by atoms with Gasteiger partial charge in [-0.15, -0.1) is 0 Å². The van der Waals surface area contributed by atoms with Crippen LogP contribution in [-0.4, -0.2) is 24.9 Å². The molecule has 0 fully saturated rings. The monoisotopic (exact) mass is 431 g/mol. The summed E-state index contributed by atoms with van der Waals surface area (Å²) >= 11 is 0. The molecule has 0 aliphatic rings. The number of nitrogens with one attached hydrogen (secondary N) is 2. The van der Waals surface area contributed by atoms with Gasteiger partial charge in [0.1, 0.15) is 0 Å². The second-order valence-electron chi connectivity index (χ2n) is 8.51. The minimum absolute atomic E-state index is 0.0362. The molecule has 0 aliphatic heterocycles. The molecule has 0 atom stereocenters. The van der Waals surface area contributed by atoms with Gasteiger partial charge in [-0.1, -0.05) is 83.3 Å². The van der Waals surface area contributed by atoms with Crippen molar-refractivity contribution in [1.82, 2.24) is 10.6 Å². The molecule has 0 heterocycles. The van der Waals surface area contributed by atoms with Gasteiger partial charge in [-0.05, 0) is 43.5 Å². The smallest absolute Gasteiger partial charge is 0.251 e. The van der Waals surface area contributed by atoms with Crippen LogP contribution in [0.4, 0.5) is 0 Å². The number of rotatable bonds is 19. The Labute approximate surface area is 189 Å². The van der Waals surface area contributed by atoms with Crippen LogP contribution >= 0.6 is 0 Å². The molecule has 5 nitrogen and oxygen atoms in total. The first kappa shape index (κ1) is 27.2. The predicted octanol–water partition coefficient (Wildman–Crippen LogP) is 5.47. The van der Waals surface area contributed by atoms with Crippen molar-refractivity contribution >= 4 is 11.8 Å². The molecule has 1 aromatic carbocycles. The Morgan fingerprint density at radius 1 is 0.806 bits per heavy atom. The molecule has 5 heteroatoms. The summed E-state index contributed by atoms with van der Waals surface area (Å²) in [5.41, 5.74) is 7.07. The summed E-state index contributed by atoms with van der Waals surface area (Å²) in [6, 6.07) is 7.50. The lowest BCUT2D eigenvalue weighted by molar-refractivity contribution is -0.121. The van der Waals surface area contributed by atoms with Crippen molar-refractivity contribution in [3.05, 3.63) is 35.4 Å². The third-order valence-corrected chi connectivity index (χ3v) is 5.60. The molecule has 1 aromatic rings. The van der Waals surface area contributed by atoms with Gasteiger partial charge in [-0.3, -0.25) is 9.59 Å². The summed E-state index contributed by atoms with van der Waals surface area (Å²) in [6.45, 7) is 4.10. The predicted molar refractivity (Wildman–Crippen MR) is 130 cm³/mol. The SMILES string of the molecule is CCCCCCCCCCCCNC(=O)c1cccc(CNC(=O)CCCCCN)c1. The van der Waals surface area contributed by atoms with E-state index in [4.69, 9.17) is 5.73 Å². The highest BCUT2D eigenvalue weighted by Crippen LogP contribution is 2.10. The fourth-order valence-corrected chi connectivity index (χ4v) is 3.63.